The van der Waals surface area contributed by atoms with E-state index in [-0.39, 0.29) is 6.61 Å². The van der Waals surface area contributed by atoms with E-state index in [2.05, 4.69) is 12.6 Å². The van der Waals surface area contributed by atoms with E-state index < -0.39 is 6.10 Å². The fourth-order valence-electron chi connectivity index (χ4n) is 0.0645. The maximum absolute atomic E-state index is 8.37. The molecule has 0 saturated heterocycles. The van der Waals surface area contributed by atoms with Gasteiger partial charge in [-0.25, -0.2) is 0 Å². The molecule has 0 aliphatic rings. The third-order valence-corrected chi connectivity index (χ3v) is 0.918. The predicted molar refractivity (Wildman–Crippen MR) is 28.1 cm³/mol. The van der Waals surface area contributed by atoms with Gasteiger partial charge in [-0.3, -0.25) is 0 Å². The van der Waals surface area contributed by atoms with E-state index in [1.807, 2.05) is 0 Å². The summed E-state index contributed by atoms with van der Waals surface area (Å²) in [5.41, 5.74) is 0. The Morgan fingerprint density at radius 3 is 2.17 bits per heavy atom. The fraction of sp³-hybridized carbons (Fsp3) is 1.00. The second kappa shape index (κ2) is 3.46. The Morgan fingerprint density at radius 2 is 2.17 bits per heavy atom. The van der Waals surface area contributed by atoms with Crippen LogP contribution in [0.2, 0.25) is 0 Å². The first-order chi connectivity index (χ1) is 2.81. The molecule has 0 saturated carbocycles. The Bertz CT molecular complexity index is 28.0. The maximum Gasteiger partial charge on any atom is 0.131 e. The van der Waals surface area contributed by atoms with Crippen molar-refractivity contribution in [2.75, 3.05) is 12.4 Å². The Hall–Kier alpha value is 0.270. The minimum Gasteiger partial charge on any atom is -0.393 e. The molecule has 0 radical (unpaired) electrons. The van der Waals surface area contributed by atoms with Gasteiger partial charge in [-0.1, -0.05) is 0 Å². The zero-order valence-electron chi connectivity index (χ0n) is 3.39. The molecule has 0 rings (SSSR count). The van der Waals surface area contributed by atoms with Crippen LogP contribution in [0, 0.1) is 0 Å². The Kier molecular flexibility index (Phi) is 3.62. The fourth-order valence-corrected chi connectivity index (χ4v) is 0.194. The first-order valence-corrected chi connectivity index (χ1v) is 2.45. The largest absolute Gasteiger partial charge is 0.393 e. The van der Waals surface area contributed by atoms with Gasteiger partial charge < -0.3 is 10.2 Å². The lowest BCUT2D eigenvalue weighted by Gasteiger charge is -1.92. The zero-order valence-corrected chi connectivity index (χ0v) is 4.39. The summed E-state index contributed by atoms with van der Waals surface area (Å²) >= 11 is 3.01. The highest BCUT2D eigenvalue weighted by atomic mass is 32.1. The van der Waals surface area contributed by atoms with Crippen molar-refractivity contribution >= 4 is 12.6 Å². The van der Waals surface area contributed by atoms with Crippen LogP contribution in [0.4, 0.5) is 0 Å². The Balaban J connectivity index is 2.75. The normalized spacial score (nSPS) is 14.5. The molecule has 0 aliphatic carbocycles. The van der Waals surface area contributed by atoms with Gasteiger partial charge in [0.25, 0.3) is 0 Å². The lowest BCUT2D eigenvalue weighted by atomic mass is 10.4. The molecule has 0 spiro atoms. The zero-order chi connectivity index (χ0) is 4.99. The number of rotatable bonds is 2. The molecule has 0 aliphatic heterocycles. The summed E-state index contributed by atoms with van der Waals surface area (Å²) < 4.78 is 0. The third-order valence-electron chi connectivity index (χ3n) is 0.446. The number of aliphatic hydroxyl groups is 2. The molecule has 0 amide bonds. The number of hydrogen-bond acceptors (Lipinski definition) is 2. The Labute approximate surface area is 42.2 Å². The van der Waals surface area contributed by atoms with E-state index in [0.717, 1.165) is 0 Å². The van der Waals surface area contributed by atoms with Crippen molar-refractivity contribution in [3.8, 4) is 0 Å². The summed E-state index contributed by atoms with van der Waals surface area (Å²) in [5, 5.41) is 16.4. The molecule has 2 nitrogen and oxygen atoms in total. The van der Waals surface area contributed by atoms with Crippen LogP contribution in [0.25, 0.3) is 0 Å². The molecule has 1 atom stereocenters. The first-order valence-electron chi connectivity index (χ1n) is 1.74. The molecule has 0 heterocycles. The monoisotopic (exact) mass is 109 g/mol. The lowest BCUT2D eigenvalue weighted by Crippen LogP contribution is -2.14. The van der Waals surface area contributed by atoms with E-state index in [4.69, 9.17) is 10.2 Å². The number of aliphatic hydroxyl groups excluding tert-OH is 2. The van der Waals surface area contributed by atoms with Gasteiger partial charge in [0.1, 0.15) is 11.9 Å². The smallest absolute Gasteiger partial charge is 0.131 e. The summed E-state index contributed by atoms with van der Waals surface area (Å²) in [7, 11) is 0. The van der Waals surface area contributed by atoms with Crippen LogP contribution < -0.4 is 0 Å². The van der Waals surface area contributed by atoms with Crippen molar-refractivity contribution in [3.63, 3.8) is 0 Å². The highest BCUT2D eigenvalue weighted by Gasteiger charge is 1.97. The molecule has 0 aromatic carbocycles. The van der Waals surface area contributed by atoms with Gasteiger partial charge in [0.15, 0.2) is 0 Å². The lowest BCUT2D eigenvalue weighted by molar-refractivity contribution is 0.114. The van der Waals surface area contributed by atoms with Gasteiger partial charge in [0.2, 0.25) is 0 Å². The molecule has 6 heavy (non-hydrogen) atoms. The van der Waals surface area contributed by atoms with Crippen molar-refractivity contribution in [3.05, 3.63) is 0 Å². The average Bonchev–Trinajstić information content (AvgIpc) is 1.65. The molecular formula is C3H9O2S+. The third kappa shape index (κ3) is 2.50. The molecule has 0 fully saturated rings. The van der Waals surface area contributed by atoms with Gasteiger partial charge in [-0.15, -0.1) is 0 Å². The number of hydrogen-bond donors (Lipinski definition) is 2. The molecule has 0 bridgehead atoms. The van der Waals surface area contributed by atoms with Crippen LogP contribution in [0.1, 0.15) is 0 Å². The van der Waals surface area contributed by atoms with Gasteiger partial charge in [-0.05, 0) is 12.6 Å². The van der Waals surface area contributed by atoms with Gasteiger partial charge >= 0.3 is 0 Å². The van der Waals surface area contributed by atoms with Crippen LogP contribution in [0.5, 0.6) is 0 Å². The SMILES string of the molecule is OC[C@@H](O)C[SH2+]. The first kappa shape index (κ1) is 6.27. The quantitative estimate of drug-likeness (QED) is 0.417. The van der Waals surface area contributed by atoms with E-state index >= 15 is 0 Å². The maximum atomic E-state index is 8.37. The van der Waals surface area contributed by atoms with Crippen molar-refractivity contribution in [2.24, 2.45) is 0 Å². The van der Waals surface area contributed by atoms with Crippen LogP contribution in [-0.2, 0) is 12.6 Å². The van der Waals surface area contributed by atoms with Crippen LogP contribution in [0.3, 0.4) is 0 Å². The van der Waals surface area contributed by atoms with Crippen LogP contribution >= 0.6 is 0 Å². The van der Waals surface area contributed by atoms with E-state index in [0.29, 0.717) is 5.75 Å². The second-order valence-electron chi connectivity index (χ2n) is 1.04. The van der Waals surface area contributed by atoms with Crippen molar-refractivity contribution in [1.29, 1.82) is 0 Å². The summed E-state index contributed by atoms with van der Waals surface area (Å²) in [5.74, 6) is 0.441. The van der Waals surface area contributed by atoms with Crippen molar-refractivity contribution < 1.29 is 10.2 Å². The highest BCUT2D eigenvalue weighted by Crippen LogP contribution is 1.73. The topological polar surface area (TPSA) is 40.5 Å². The summed E-state index contributed by atoms with van der Waals surface area (Å²) in [4.78, 5) is 0. The summed E-state index contributed by atoms with van der Waals surface area (Å²) in [6.45, 7) is -0.163. The minimum absolute atomic E-state index is 0.163. The molecule has 38 valence electrons. The van der Waals surface area contributed by atoms with E-state index in [1.54, 1.807) is 0 Å². The van der Waals surface area contributed by atoms with Crippen LogP contribution in [0.15, 0.2) is 0 Å². The Morgan fingerprint density at radius 1 is 1.67 bits per heavy atom. The summed E-state index contributed by atoms with van der Waals surface area (Å²) in [6.07, 6.45) is -0.596. The predicted octanol–water partition coefficient (Wildman–Crippen LogP) is -1.65. The van der Waals surface area contributed by atoms with Gasteiger partial charge in [0.05, 0.1) is 6.61 Å². The molecule has 2 N–H and O–H groups in total. The van der Waals surface area contributed by atoms with E-state index in [1.165, 1.54) is 0 Å². The second-order valence-corrected chi connectivity index (χ2v) is 1.45. The van der Waals surface area contributed by atoms with Gasteiger partial charge in [-0.2, -0.15) is 0 Å². The molecule has 0 unspecified atom stereocenters. The molecular weight excluding hydrogens is 100 g/mol. The van der Waals surface area contributed by atoms with Crippen molar-refractivity contribution in [1.82, 2.24) is 0 Å². The van der Waals surface area contributed by atoms with E-state index in [9.17, 15) is 0 Å². The van der Waals surface area contributed by atoms with Crippen LogP contribution in [-0.4, -0.2) is 28.7 Å². The minimum atomic E-state index is -0.596. The average molecular weight is 109 g/mol. The molecule has 0 aromatic rings. The van der Waals surface area contributed by atoms with Crippen molar-refractivity contribution in [2.45, 2.75) is 6.10 Å². The summed E-state index contributed by atoms with van der Waals surface area (Å²) in [6, 6.07) is 0. The molecule has 3 heteroatoms. The standard InChI is InChI=1S/C3H8O2S/c4-1-3(5)2-6/h3-6H,1-2H2/p+1/t3-/m1/s1. The highest BCUT2D eigenvalue weighted by molar-refractivity contribution is 7.58. The molecule has 0 aromatic heterocycles. The van der Waals surface area contributed by atoms with Gasteiger partial charge in [0, 0.05) is 0 Å².